The molecule has 0 spiro atoms. The molecule has 0 aromatic carbocycles. The van der Waals surface area contributed by atoms with Crippen LogP contribution in [-0.4, -0.2) is 38.8 Å². The van der Waals surface area contributed by atoms with E-state index in [-0.39, 0.29) is 17.2 Å². The molecule has 0 fully saturated rings. The smallest absolute Gasteiger partial charge is 0.286 e. The number of halogens is 2. The summed E-state index contributed by atoms with van der Waals surface area (Å²) in [7, 11) is 1.53. The van der Waals surface area contributed by atoms with Gasteiger partial charge in [-0.25, -0.2) is 0 Å². The number of alkyl halides is 2. The van der Waals surface area contributed by atoms with Crippen molar-refractivity contribution < 1.29 is 18.4 Å². The predicted octanol–water partition coefficient (Wildman–Crippen LogP) is 4.63. The second-order valence-corrected chi connectivity index (χ2v) is 8.07. The Morgan fingerprint density at radius 2 is 1.58 bits per heavy atom. The van der Waals surface area contributed by atoms with Gasteiger partial charge < -0.3 is 10.6 Å². The Labute approximate surface area is 205 Å². The minimum absolute atomic E-state index is 0.0551. The van der Waals surface area contributed by atoms with Crippen molar-refractivity contribution in [2.45, 2.75) is 19.8 Å². The highest BCUT2D eigenvalue weighted by Crippen LogP contribution is 2.29. The van der Waals surface area contributed by atoms with Gasteiger partial charge in [0.25, 0.3) is 17.7 Å². The van der Waals surface area contributed by atoms with Crippen molar-refractivity contribution in [2.75, 3.05) is 12.4 Å². The molecule has 2 N–H and O–H groups in total. The first-order chi connectivity index (χ1) is 17.2. The fraction of sp³-hybridized carbons (Fsp3) is 0.154. The van der Waals surface area contributed by atoms with E-state index in [9.17, 15) is 18.4 Å². The maximum absolute atomic E-state index is 13.6. The molecule has 0 atom stereocenters. The normalized spacial score (nSPS) is 11.1. The number of hydrogen-bond acceptors (Lipinski definition) is 6. The third-order valence-corrected chi connectivity index (χ3v) is 5.40. The van der Waals surface area contributed by atoms with Crippen molar-refractivity contribution >= 4 is 17.5 Å². The van der Waals surface area contributed by atoms with Crippen molar-refractivity contribution in [1.82, 2.24) is 25.3 Å². The Hall–Kier alpha value is -4.60. The fourth-order valence-corrected chi connectivity index (χ4v) is 3.51. The summed E-state index contributed by atoms with van der Waals surface area (Å²) >= 11 is 0. The minimum Gasteiger partial charge on any atom is -0.354 e. The Kier molecular flexibility index (Phi) is 6.77. The number of aryl methyl sites for hydroxylation is 1. The highest BCUT2D eigenvalue weighted by atomic mass is 19.3. The van der Waals surface area contributed by atoms with Crippen LogP contribution in [0.3, 0.4) is 0 Å². The van der Waals surface area contributed by atoms with E-state index >= 15 is 0 Å². The van der Waals surface area contributed by atoms with Gasteiger partial charge in [0.2, 0.25) is 0 Å². The summed E-state index contributed by atoms with van der Waals surface area (Å²) in [5.41, 5.74) is 3.81. The zero-order chi connectivity index (χ0) is 25.9. The van der Waals surface area contributed by atoms with Crippen molar-refractivity contribution in [3.63, 3.8) is 0 Å². The zero-order valence-electron chi connectivity index (χ0n) is 19.7. The van der Waals surface area contributed by atoms with Gasteiger partial charge in [-0.05, 0) is 55.0 Å². The lowest BCUT2D eigenvalue weighted by Crippen LogP contribution is -2.19. The maximum atomic E-state index is 13.6. The minimum atomic E-state index is -3.16. The van der Waals surface area contributed by atoms with Crippen LogP contribution in [0.25, 0.3) is 22.4 Å². The summed E-state index contributed by atoms with van der Waals surface area (Å²) < 4.78 is 27.2. The van der Waals surface area contributed by atoms with Crippen molar-refractivity contribution in [3.05, 3.63) is 89.9 Å². The van der Waals surface area contributed by atoms with Crippen LogP contribution in [0.5, 0.6) is 0 Å². The van der Waals surface area contributed by atoms with Crippen LogP contribution < -0.4 is 10.6 Å². The van der Waals surface area contributed by atoms with Gasteiger partial charge in [0.15, 0.2) is 0 Å². The van der Waals surface area contributed by atoms with Gasteiger partial charge in [0.1, 0.15) is 11.4 Å². The first kappa shape index (κ1) is 24.5. The molecular weight excluding hydrogens is 466 g/mol. The highest BCUT2D eigenvalue weighted by Gasteiger charge is 2.27. The second-order valence-electron chi connectivity index (χ2n) is 8.07. The molecule has 4 rings (SSSR count). The number of nitrogens with zero attached hydrogens (tertiary/aromatic N) is 4. The van der Waals surface area contributed by atoms with Crippen LogP contribution >= 0.6 is 0 Å². The largest absolute Gasteiger partial charge is 0.354 e. The second kappa shape index (κ2) is 9.95. The number of rotatable bonds is 6. The Morgan fingerprint density at radius 3 is 2.33 bits per heavy atom. The average molecular weight is 488 g/mol. The van der Waals surface area contributed by atoms with Crippen molar-refractivity contribution in [3.8, 4) is 22.4 Å². The van der Waals surface area contributed by atoms with Crippen LogP contribution in [0.4, 0.5) is 14.5 Å². The highest BCUT2D eigenvalue weighted by molar-refractivity contribution is 6.04. The molecule has 8 nitrogen and oxygen atoms in total. The molecule has 0 aliphatic carbocycles. The average Bonchev–Trinajstić information content (AvgIpc) is 2.89. The predicted molar refractivity (Wildman–Crippen MR) is 131 cm³/mol. The van der Waals surface area contributed by atoms with Gasteiger partial charge >= 0.3 is 0 Å². The first-order valence-corrected chi connectivity index (χ1v) is 10.9. The number of nitrogens with one attached hydrogen (secondary N) is 2. The quantitative estimate of drug-likeness (QED) is 0.410. The van der Waals surface area contributed by atoms with Crippen molar-refractivity contribution in [1.29, 1.82) is 0 Å². The molecule has 0 aliphatic heterocycles. The molecule has 2 amide bonds. The molecule has 4 heterocycles. The van der Waals surface area contributed by atoms with E-state index in [1.165, 1.54) is 31.7 Å². The molecule has 36 heavy (non-hydrogen) atoms. The van der Waals surface area contributed by atoms with E-state index in [1.807, 2.05) is 13.0 Å². The van der Waals surface area contributed by atoms with Gasteiger partial charge in [0, 0.05) is 54.9 Å². The molecule has 0 unspecified atom stereocenters. The summed E-state index contributed by atoms with van der Waals surface area (Å²) in [4.78, 5) is 41.2. The lowest BCUT2D eigenvalue weighted by Gasteiger charge is -2.12. The van der Waals surface area contributed by atoms with E-state index in [0.717, 1.165) is 24.1 Å². The van der Waals surface area contributed by atoms with Crippen LogP contribution in [0.2, 0.25) is 0 Å². The molecule has 0 aliphatic rings. The molecule has 10 heteroatoms. The van der Waals surface area contributed by atoms with Gasteiger partial charge in [-0.2, -0.15) is 8.78 Å². The standard InChI is InChI=1S/C26H22F2N6O2/c1-15-20(16-4-7-30-21(10-16)17-5-8-31-22(11-17)25(36)29-3)13-19(14-33-15)34-24(35)18-6-9-32-23(12-18)26(2,27)28/h4-14H,1-3H3,(H,29,36)(H,34,35). The van der Waals surface area contributed by atoms with Gasteiger partial charge in [-0.1, -0.05) is 0 Å². The summed E-state index contributed by atoms with van der Waals surface area (Å²) in [5.74, 6) is -4.03. The summed E-state index contributed by atoms with van der Waals surface area (Å²) in [6.45, 7) is 2.55. The topological polar surface area (TPSA) is 110 Å². The van der Waals surface area contributed by atoms with Crippen LogP contribution in [0.15, 0.2) is 67.3 Å². The van der Waals surface area contributed by atoms with Gasteiger partial charge in [-0.3, -0.25) is 29.5 Å². The molecule has 0 bridgehead atoms. The van der Waals surface area contributed by atoms with E-state index in [0.29, 0.717) is 22.6 Å². The van der Waals surface area contributed by atoms with Gasteiger partial charge in [-0.15, -0.1) is 0 Å². The van der Waals surface area contributed by atoms with E-state index in [2.05, 4.69) is 30.6 Å². The Balaban J connectivity index is 1.63. The molecule has 4 aromatic rings. The Morgan fingerprint density at radius 1 is 0.861 bits per heavy atom. The molecular formula is C26H22F2N6O2. The Bertz CT molecular complexity index is 1450. The van der Waals surface area contributed by atoms with Crippen LogP contribution in [0.1, 0.15) is 39.2 Å². The molecule has 182 valence electrons. The number of carbonyl (C=O) groups is 2. The van der Waals surface area contributed by atoms with Crippen molar-refractivity contribution in [2.24, 2.45) is 0 Å². The molecule has 0 saturated carbocycles. The lowest BCUT2D eigenvalue weighted by atomic mass is 10.0. The van der Waals surface area contributed by atoms with Crippen LogP contribution in [0, 0.1) is 6.92 Å². The first-order valence-electron chi connectivity index (χ1n) is 10.9. The summed E-state index contributed by atoms with van der Waals surface area (Å²) in [6.07, 6.45) is 5.84. The number of carbonyl (C=O) groups excluding carboxylic acids is 2. The number of aromatic nitrogens is 4. The summed E-state index contributed by atoms with van der Waals surface area (Å²) in [5, 5.41) is 5.25. The number of anilines is 1. The maximum Gasteiger partial charge on any atom is 0.286 e. The molecule has 4 aromatic heterocycles. The van der Waals surface area contributed by atoms with E-state index in [1.54, 1.807) is 30.5 Å². The third kappa shape index (κ3) is 5.38. The van der Waals surface area contributed by atoms with E-state index in [4.69, 9.17) is 0 Å². The SMILES string of the molecule is CNC(=O)c1cc(-c2cc(-c3cc(NC(=O)c4ccnc(C(C)(F)F)c4)cnc3C)ccn2)ccn1. The third-order valence-electron chi connectivity index (χ3n) is 5.40. The van der Waals surface area contributed by atoms with Gasteiger partial charge in [0.05, 0.1) is 17.6 Å². The zero-order valence-corrected chi connectivity index (χ0v) is 19.7. The number of pyridine rings is 4. The lowest BCUT2D eigenvalue weighted by molar-refractivity contribution is 0.0127. The monoisotopic (exact) mass is 488 g/mol. The number of amides is 2. The fourth-order valence-electron chi connectivity index (χ4n) is 3.51. The molecule has 0 saturated heterocycles. The van der Waals surface area contributed by atoms with E-state index < -0.39 is 17.5 Å². The number of hydrogen-bond donors (Lipinski definition) is 2. The van der Waals surface area contributed by atoms with Crippen LogP contribution in [-0.2, 0) is 5.92 Å². The summed E-state index contributed by atoms with van der Waals surface area (Å²) in [6, 6.07) is 11.2. The molecule has 0 radical (unpaired) electrons.